The minimum Gasteiger partial charge on any atom is -0.355 e. The Morgan fingerprint density at radius 1 is 0.365 bits per heavy atom. The fraction of sp³-hybridized carbons (Fsp3) is 0.542. The molecule has 0 unspecified atom stereocenters. The van der Waals surface area contributed by atoms with E-state index in [2.05, 4.69) is 287 Å². The van der Waals surface area contributed by atoms with Gasteiger partial charge in [-0.25, -0.2) is 24.9 Å². The summed E-state index contributed by atoms with van der Waals surface area (Å²) in [6, 6.07) is 32.4. The summed E-state index contributed by atoms with van der Waals surface area (Å²) < 4.78 is 5.24. The number of halogens is 2. The quantitative estimate of drug-likeness (QED) is 0.0531. The second kappa shape index (κ2) is 34.2. The van der Waals surface area contributed by atoms with E-state index in [0.29, 0.717) is 55.7 Å². The molecule has 28 nitrogen and oxygen atoms in total. The maximum atomic E-state index is 12.6. The Labute approximate surface area is 753 Å². The van der Waals surface area contributed by atoms with Crippen molar-refractivity contribution in [3.05, 3.63) is 197 Å². The third kappa shape index (κ3) is 17.9. The number of aryl methyl sites for hydroxylation is 6. The number of nitrogens with zero attached hydrogens (tertiary/aromatic N) is 22. The Hall–Kier alpha value is -9.94. The summed E-state index contributed by atoms with van der Waals surface area (Å²) >= 11 is 12.5. The Balaban J connectivity index is 0.000000112. The van der Waals surface area contributed by atoms with Crippen molar-refractivity contribution in [2.75, 3.05) is 166 Å². The number of carbonyl (C=O) groups excluding carboxylic acids is 1. The number of amides is 1. The Bertz CT molecular complexity index is 5450. The van der Waals surface area contributed by atoms with Crippen LogP contribution in [0.2, 0.25) is 10.3 Å². The van der Waals surface area contributed by atoms with Crippen molar-refractivity contribution < 1.29 is 4.79 Å². The zero-order valence-corrected chi connectivity index (χ0v) is 78.2. The van der Waals surface area contributed by atoms with Gasteiger partial charge in [0.25, 0.3) is 0 Å². The first kappa shape index (κ1) is 88.1. The number of fused-ring (bicyclic) bond motifs is 5. The lowest BCUT2D eigenvalue weighted by molar-refractivity contribution is -0.132. The van der Waals surface area contributed by atoms with Gasteiger partial charge >= 0.3 is 0 Å². The van der Waals surface area contributed by atoms with Crippen LogP contribution in [0, 0.1) is 80.8 Å². The van der Waals surface area contributed by atoms with E-state index in [1.54, 1.807) is 38.8 Å². The van der Waals surface area contributed by atoms with Crippen molar-refractivity contribution in [3.8, 4) is 0 Å². The van der Waals surface area contributed by atoms with E-state index in [9.17, 15) is 4.79 Å². The number of nitrogens with one attached hydrogen (secondary N) is 5. The lowest BCUT2D eigenvalue weighted by Crippen LogP contribution is -2.36. The van der Waals surface area contributed by atoms with Gasteiger partial charge in [0.1, 0.15) is 22.5 Å². The second-order valence-corrected chi connectivity index (χ2v) is 42.3. The van der Waals surface area contributed by atoms with Crippen molar-refractivity contribution in [3.63, 3.8) is 0 Å². The summed E-state index contributed by atoms with van der Waals surface area (Å²) in [6.45, 7) is 54.2. The summed E-state index contributed by atoms with van der Waals surface area (Å²) in [6.07, 6.45) is 20.4. The van der Waals surface area contributed by atoms with E-state index in [1.165, 1.54) is 42.9 Å². The minimum atomic E-state index is 0.0166. The molecule has 126 heavy (non-hydrogen) atoms. The van der Waals surface area contributed by atoms with E-state index < -0.39 is 0 Å². The normalized spacial score (nSPS) is 29.3. The predicted octanol–water partition coefficient (Wildman–Crippen LogP) is 13.9. The highest BCUT2D eigenvalue weighted by atomic mass is 35.5. The van der Waals surface area contributed by atoms with Crippen LogP contribution in [0.1, 0.15) is 115 Å². The topological polar surface area (TPSA) is 260 Å². The summed E-state index contributed by atoms with van der Waals surface area (Å²) in [5.74, 6) is 6.15. The van der Waals surface area contributed by atoms with Gasteiger partial charge in [-0.15, -0.1) is 0 Å². The zero-order chi connectivity index (χ0) is 88.6. The van der Waals surface area contributed by atoms with E-state index in [1.807, 2.05) is 58.3 Å². The molecule has 1 saturated carbocycles. The number of hydrogen-bond acceptors (Lipinski definition) is 24. The molecule has 10 aliphatic heterocycles. The highest BCUT2D eigenvalue weighted by Gasteiger charge is 2.62. The molecular formula is C96H129Cl2N27O. The van der Waals surface area contributed by atoms with Crippen LogP contribution in [0.5, 0.6) is 0 Å². The Kier molecular flexibility index (Phi) is 23.9. The highest BCUT2D eigenvalue weighted by Crippen LogP contribution is 2.57. The highest BCUT2D eigenvalue weighted by molar-refractivity contribution is 6.32. The van der Waals surface area contributed by atoms with Crippen molar-refractivity contribution in [2.24, 2.45) is 81.2 Å². The maximum absolute atomic E-state index is 12.6. The fourth-order valence-electron chi connectivity index (χ4n) is 22.3. The molecule has 11 fully saturated rings. The average molecular weight is 1750 g/mol. The van der Waals surface area contributed by atoms with Gasteiger partial charge in [0.15, 0.2) is 5.82 Å². The number of likely N-dealkylation sites (tertiary alicyclic amines) is 4. The van der Waals surface area contributed by atoms with Gasteiger partial charge in [0, 0.05) is 286 Å². The number of aromatic nitrogens is 14. The molecule has 5 N–H and O–H groups in total. The van der Waals surface area contributed by atoms with Crippen LogP contribution in [0.3, 0.4) is 0 Å². The van der Waals surface area contributed by atoms with Crippen LogP contribution < -0.4 is 46.2 Å². The van der Waals surface area contributed by atoms with Crippen LogP contribution >= 0.6 is 23.2 Å². The van der Waals surface area contributed by atoms with Gasteiger partial charge in [-0.2, -0.15) is 30.2 Å². The lowest BCUT2D eigenvalue weighted by atomic mass is 9.71. The molecule has 10 atom stereocenters. The first-order chi connectivity index (χ1) is 60.0. The van der Waals surface area contributed by atoms with Crippen LogP contribution in [0.15, 0.2) is 153 Å². The molecule has 0 spiro atoms. The summed E-state index contributed by atoms with van der Waals surface area (Å²) in [5, 5.41) is 30.2. The van der Waals surface area contributed by atoms with Gasteiger partial charge in [-0.1, -0.05) is 172 Å². The van der Waals surface area contributed by atoms with E-state index in [-0.39, 0.29) is 38.4 Å². The molecule has 3 aromatic carbocycles. The number of anilines is 10. The maximum Gasteiger partial charge on any atom is 0.229 e. The summed E-state index contributed by atoms with van der Waals surface area (Å²) in [5.41, 5.74) is 12.7. The third-order valence-electron chi connectivity index (χ3n) is 30.8. The summed E-state index contributed by atoms with van der Waals surface area (Å²) in [4.78, 5) is 68.3. The molecule has 668 valence electrons. The van der Waals surface area contributed by atoms with Crippen molar-refractivity contribution in [2.45, 2.75) is 122 Å². The molecule has 10 aromatic rings. The van der Waals surface area contributed by atoms with Crippen molar-refractivity contribution >= 4 is 87.3 Å². The number of rotatable bonds is 17. The lowest BCUT2D eigenvalue weighted by Gasteiger charge is -2.31. The Morgan fingerprint density at radius 3 is 0.984 bits per heavy atom. The van der Waals surface area contributed by atoms with Gasteiger partial charge in [0.05, 0.1) is 41.8 Å². The molecule has 30 heteroatoms. The van der Waals surface area contributed by atoms with Crippen molar-refractivity contribution in [1.29, 1.82) is 0 Å². The van der Waals surface area contributed by atoms with Gasteiger partial charge < -0.3 is 51.1 Å². The van der Waals surface area contributed by atoms with Crippen LogP contribution in [-0.4, -0.2) is 226 Å². The number of benzene rings is 3. The monoisotopic (exact) mass is 1750 g/mol. The minimum absolute atomic E-state index is 0.0166. The molecule has 17 heterocycles. The van der Waals surface area contributed by atoms with Gasteiger partial charge in [0.2, 0.25) is 29.0 Å². The molecule has 0 radical (unpaired) electrons. The number of carbonyl (C=O) groups is 1. The molecule has 0 bridgehead atoms. The smallest absolute Gasteiger partial charge is 0.229 e. The van der Waals surface area contributed by atoms with E-state index >= 15 is 0 Å². The molecule has 1 amide bonds. The van der Waals surface area contributed by atoms with E-state index in [0.717, 1.165) is 194 Å². The molecule has 21 rings (SSSR count). The van der Waals surface area contributed by atoms with E-state index in [4.69, 9.17) is 38.2 Å². The standard InChI is InChI=1S/C24H31N7.C20H26ClN7O.C20H25ClN4.C17H25N7.C15H22N2/c1-18-10-25-22(27-20-11-26-29(4)13-20)28-21(18)31-16-23(2)14-30(15-24(23,3)17-31)12-19-8-6-5-7-9-19;1-19-9-27(10-20(19,2)12-28(11-19)17(29)13-4-5-13)16-15(21)7-22-18(25-16)24-14-6-23-26(3)8-14;1-15-9-22-18(21)23-17(15)25-13-19(2)11-24(12-20(19,3)14-25)10-16-7-5-4-6-8-16;1-12-5-19-15(21-13-6-20-23(4)7-13)22-14(12)24-10-16(2)8-18-9-17(16,3)11-24;1-14-9-16-10-15(14,2)12-17(11-14)8-13-6-4-3-5-7-13/h5-11,13H,12,14-17H2,1-4H3,(H,25,27,28);6-8,13H,4-5,9-12H2,1-3H3,(H,22,24,25);4-9H,10-14H2,1-3H3;5-7,18H,8-11H2,1-4H3,(H,19,21,22);3-7,16H,8-12H2,1-2H3/t23-,24+;2*19-,20+;16-,17+;14-,15+. The Morgan fingerprint density at radius 2 is 0.651 bits per heavy atom. The van der Waals surface area contributed by atoms with Crippen molar-refractivity contribution in [1.82, 2.24) is 99.4 Å². The first-order valence-electron chi connectivity index (χ1n) is 44.9. The first-order valence-corrected chi connectivity index (χ1v) is 45.7. The SMILES string of the molecule is C[C@@]12CNC[C@]1(C)CN(Cc1ccccc1)C2.Cc1cnc(Cl)nc1N1C[C@]2(C)CN(Cc3ccccc3)C[C@]2(C)C1.Cc1cnc(Nc2cnn(C)c2)nc1N1C[C@]2(C)CN(Cc3ccccc3)C[C@]2(C)C1.Cc1cnc(Nc2cnn(C)c2)nc1N1C[C@]2(C)CNC[C@]2(C)C1.Cn1cc(Nc2ncc(Cl)c(N3C[C@]4(C)CN(C(=O)C5CC5)C[C@]4(C)C3)n2)cn1. The average Bonchev–Trinajstić information content (AvgIpc) is 1.57. The molecule has 7 aromatic heterocycles. The zero-order valence-electron chi connectivity index (χ0n) is 76.7. The van der Waals surface area contributed by atoms with Crippen LogP contribution in [-0.2, 0) is 45.6 Å². The summed E-state index contributed by atoms with van der Waals surface area (Å²) in [7, 11) is 5.66. The van der Waals surface area contributed by atoms with Gasteiger partial charge in [-0.05, 0) is 61.9 Å². The predicted molar refractivity (Wildman–Crippen MR) is 502 cm³/mol. The fourth-order valence-corrected chi connectivity index (χ4v) is 22.7. The number of hydrogen-bond donors (Lipinski definition) is 5. The third-order valence-corrected chi connectivity index (χ3v) is 31.2. The molecule has 1 aliphatic carbocycles. The molecule has 11 aliphatic rings. The van der Waals surface area contributed by atoms with Crippen LogP contribution in [0.4, 0.5) is 58.2 Å². The molecule has 10 saturated heterocycles. The molecular weight excluding hydrogens is 1620 g/mol. The largest absolute Gasteiger partial charge is 0.355 e. The van der Waals surface area contributed by atoms with Gasteiger partial charge in [-0.3, -0.25) is 33.5 Å². The second-order valence-electron chi connectivity index (χ2n) is 41.6. The van der Waals surface area contributed by atoms with Crippen LogP contribution in [0.25, 0.3) is 0 Å².